The predicted molar refractivity (Wildman–Crippen MR) is 185 cm³/mol. The van der Waals surface area contributed by atoms with Gasteiger partial charge in [-0.05, 0) is 69.1 Å². The quantitative estimate of drug-likeness (QED) is 0.196. The van der Waals surface area contributed by atoms with Crippen LogP contribution in [-0.4, -0.2) is 111 Å². The standard InChI is InChI=1S/C33H37F3N10O.C2HF3O2/c1-37-26-16-29(43-46-28(17-39-30(26)46)31(47)40-25-15-23(25)34)45-13-7-22-21(3-2-4-27(22)45)24-6-5-20(41-42-24)18-44-14-10-32(33(35,36)19-44)8-11-38-12-9-32;3-2(4,5)1(6)7/h2-6,16-17,23,25,37-38H,7-15,18-19H2,1H3,(H,40,47);(H,6,7)/t23-,25+;/m0./s1. The minimum absolute atomic E-state index is 0.236. The molecule has 0 bridgehead atoms. The van der Waals surface area contributed by atoms with E-state index in [0.717, 1.165) is 23.2 Å². The number of piperidine rings is 2. The summed E-state index contributed by atoms with van der Waals surface area (Å²) in [6.07, 6.45) is -2.05. The van der Waals surface area contributed by atoms with E-state index in [9.17, 15) is 22.4 Å². The van der Waals surface area contributed by atoms with Gasteiger partial charge in [-0.2, -0.15) is 23.4 Å². The first-order valence-electron chi connectivity index (χ1n) is 17.5. The molecule has 0 radical (unpaired) electrons. The highest BCUT2D eigenvalue weighted by Gasteiger charge is 2.56. The van der Waals surface area contributed by atoms with Crippen LogP contribution in [0, 0.1) is 5.41 Å². The number of hydrogen-bond donors (Lipinski definition) is 4. The van der Waals surface area contributed by atoms with Gasteiger partial charge in [0.25, 0.3) is 11.8 Å². The Labute approximate surface area is 305 Å². The van der Waals surface area contributed by atoms with E-state index < -0.39 is 41.6 Å². The second-order valence-corrected chi connectivity index (χ2v) is 14.0. The summed E-state index contributed by atoms with van der Waals surface area (Å²) in [5.41, 5.74) is 4.93. The zero-order valence-corrected chi connectivity index (χ0v) is 29.1. The van der Waals surface area contributed by atoms with E-state index in [-0.39, 0.29) is 12.2 Å². The van der Waals surface area contributed by atoms with Crippen LogP contribution < -0.4 is 20.9 Å². The monoisotopic (exact) mass is 760 g/mol. The molecule has 4 N–H and O–H groups in total. The van der Waals surface area contributed by atoms with Gasteiger partial charge in [-0.15, -0.1) is 5.10 Å². The molecule has 19 heteroatoms. The van der Waals surface area contributed by atoms with Crippen molar-refractivity contribution in [2.45, 2.75) is 63.0 Å². The number of amides is 1. The van der Waals surface area contributed by atoms with Crippen molar-refractivity contribution in [3.63, 3.8) is 0 Å². The number of carbonyl (C=O) groups excluding carboxylic acids is 1. The lowest BCUT2D eigenvalue weighted by molar-refractivity contribution is -0.192. The molecule has 0 unspecified atom stereocenters. The first-order valence-corrected chi connectivity index (χ1v) is 17.5. The fourth-order valence-electron chi connectivity index (χ4n) is 7.45. The minimum Gasteiger partial charge on any atom is -0.475 e. The lowest BCUT2D eigenvalue weighted by Gasteiger charge is -2.49. The number of alkyl halides is 6. The summed E-state index contributed by atoms with van der Waals surface area (Å²) in [5, 5.41) is 30.0. The fourth-order valence-corrected chi connectivity index (χ4v) is 7.45. The second-order valence-electron chi connectivity index (χ2n) is 14.0. The SMILES string of the molecule is CNc1cc(N2CCc3c(-c4ccc(CN5CCC6(CCNCC6)C(F)(F)C5)nn4)cccc32)nn2c(C(=O)N[C@@H]3C[C@@H]3F)cnc12.O=C(O)C(F)(F)F. The number of carboxylic acid groups (broad SMARTS) is 1. The van der Waals surface area contributed by atoms with Crippen LogP contribution in [-0.2, 0) is 17.8 Å². The van der Waals surface area contributed by atoms with Crippen LogP contribution in [0.25, 0.3) is 16.9 Å². The summed E-state index contributed by atoms with van der Waals surface area (Å²) < 4.78 is 77.4. The molecule has 3 aromatic heterocycles. The van der Waals surface area contributed by atoms with Gasteiger partial charge in [-0.3, -0.25) is 9.69 Å². The van der Waals surface area contributed by atoms with Crippen LogP contribution in [0.5, 0.6) is 0 Å². The molecule has 4 aliphatic rings. The van der Waals surface area contributed by atoms with Crippen molar-refractivity contribution in [2.75, 3.05) is 50.0 Å². The summed E-state index contributed by atoms with van der Waals surface area (Å²) in [6.45, 7) is 2.67. The Balaban J connectivity index is 0.000000588. The zero-order chi connectivity index (χ0) is 38.4. The molecule has 13 nitrogen and oxygen atoms in total. The van der Waals surface area contributed by atoms with E-state index in [1.165, 1.54) is 10.7 Å². The van der Waals surface area contributed by atoms with Crippen LogP contribution in [0.3, 0.4) is 0 Å². The molecule has 4 aromatic rings. The topological polar surface area (TPSA) is 153 Å². The molecule has 2 atom stereocenters. The number of aromatic nitrogens is 5. The van der Waals surface area contributed by atoms with Gasteiger partial charge >= 0.3 is 12.1 Å². The molecular formula is C35H38F6N10O3. The van der Waals surface area contributed by atoms with Crippen molar-refractivity contribution in [1.29, 1.82) is 0 Å². The van der Waals surface area contributed by atoms with Gasteiger partial charge in [0.05, 0.1) is 35.9 Å². The third kappa shape index (κ3) is 7.25. The molecule has 1 aliphatic carbocycles. The lowest BCUT2D eigenvalue weighted by Crippen LogP contribution is -2.58. The number of rotatable bonds is 7. The Morgan fingerprint density at radius 1 is 1.07 bits per heavy atom. The number of likely N-dealkylation sites (tertiary alicyclic amines) is 1. The smallest absolute Gasteiger partial charge is 0.475 e. The molecule has 54 heavy (non-hydrogen) atoms. The number of anilines is 3. The summed E-state index contributed by atoms with van der Waals surface area (Å²) in [4.78, 5) is 30.1. The Bertz CT molecular complexity index is 2040. The van der Waals surface area contributed by atoms with Gasteiger partial charge in [0.15, 0.2) is 17.2 Å². The maximum atomic E-state index is 15.3. The fraction of sp³-hybridized carbons (Fsp3) is 0.486. The first kappa shape index (κ1) is 37.3. The van der Waals surface area contributed by atoms with Gasteiger partial charge in [0.2, 0.25) is 0 Å². The zero-order valence-electron chi connectivity index (χ0n) is 29.1. The third-order valence-corrected chi connectivity index (χ3v) is 10.6. The first-order chi connectivity index (χ1) is 25.7. The number of hydrogen-bond acceptors (Lipinski definition) is 10. The highest BCUT2D eigenvalue weighted by molar-refractivity contribution is 5.94. The number of benzene rings is 1. The Morgan fingerprint density at radius 3 is 2.44 bits per heavy atom. The molecule has 1 amide bonds. The minimum atomic E-state index is -5.08. The highest BCUT2D eigenvalue weighted by atomic mass is 19.4. The van der Waals surface area contributed by atoms with Crippen LogP contribution in [0.4, 0.5) is 43.5 Å². The van der Waals surface area contributed by atoms with E-state index in [4.69, 9.17) is 15.0 Å². The van der Waals surface area contributed by atoms with E-state index in [1.807, 2.05) is 36.4 Å². The Hall–Kier alpha value is -5.04. The van der Waals surface area contributed by atoms with Gasteiger partial charge in [0.1, 0.15) is 6.17 Å². The molecule has 1 aromatic carbocycles. The van der Waals surface area contributed by atoms with E-state index in [0.29, 0.717) is 86.9 Å². The largest absolute Gasteiger partial charge is 0.490 e. The molecule has 6 heterocycles. The van der Waals surface area contributed by atoms with Crippen LogP contribution in [0.2, 0.25) is 0 Å². The molecule has 3 aliphatic heterocycles. The summed E-state index contributed by atoms with van der Waals surface area (Å²) in [6, 6.07) is 11.2. The van der Waals surface area contributed by atoms with Gasteiger partial charge in [0, 0.05) is 49.3 Å². The number of carboxylic acids is 1. The van der Waals surface area contributed by atoms with E-state index >= 15 is 8.78 Å². The van der Waals surface area contributed by atoms with Crippen molar-refractivity contribution < 1.29 is 41.0 Å². The number of nitrogens with zero attached hydrogens (tertiary/aromatic N) is 7. The summed E-state index contributed by atoms with van der Waals surface area (Å²) in [7, 11) is 1.78. The number of nitrogens with one attached hydrogen (secondary N) is 3. The highest BCUT2D eigenvalue weighted by Crippen LogP contribution is 2.50. The summed E-state index contributed by atoms with van der Waals surface area (Å²) in [5.74, 6) is -5.27. The molecule has 2 saturated heterocycles. The number of aliphatic carboxylic acids is 1. The van der Waals surface area contributed by atoms with Crippen molar-refractivity contribution in [3.05, 3.63) is 59.5 Å². The van der Waals surface area contributed by atoms with Gasteiger partial charge < -0.3 is 26.0 Å². The molecule has 8 rings (SSSR count). The van der Waals surface area contributed by atoms with E-state index in [1.54, 1.807) is 11.9 Å². The van der Waals surface area contributed by atoms with Crippen molar-refractivity contribution >= 4 is 34.7 Å². The maximum absolute atomic E-state index is 15.3. The molecular weight excluding hydrogens is 722 g/mol. The number of imidazole rings is 1. The van der Waals surface area contributed by atoms with Crippen LogP contribution >= 0.6 is 0 Å². The predicted octanol–water partition coefficient (Wildman–Crippen LogP) is 4.61. The van der Waals surface area contributed by atoms with Crippen molar-refractivity contribution in [3.8, 4) is 11.3 Å². The lowest BCUT2D eigenvalue weighted by atomic mass is 9.69. The van der Waals surface area contributed by atoms with Gasteiger partial charge in [-0.1, -0.05) is 12.1 Å². The molecule has 1 saturated carbocycles. The average molecular weight is 761 g/mol. The van der Waals surface area contributed by atoms with Crippen molar-refractivity contribution in [2.24, 2.45) is 5.41 Å². The Morgan fingerprint density at radius 2 is 1.81 bits per heavy atom. The summed E-state index contributed by atoms with van der Waals surface area (Å²) >= 11 is 0. The average Bonchev–Trinajstić information content (AvgIpc) is 3.47. The second kappa shape index (κ2) is 14.3. The normalized spacial score (nSPS) is 21.6. The Kier molecular flexibility index (Phi) is 9.88. The van der Waals surface area contributed by atoms with E-state index in [2.05, 4.69) is 36.0 Å². The maximum Gasteiger partial charge on any atom is 0.490 e. The third-order valence-electron chi connectivity index (χ3n) is 10.6. The number of fused-ring (bicyclic) bond motifs is 2. The van der Waals surface area contributed by atoms with Crippen LogP contribution in [0.1, 0.15) is 47.4 Å². The molecule has 3 fully saturated rings. The van der Waals surface area contributed by atoms with Crippen molar-refractivity contribution in [1.82, 2.24) is 40.3 Å². The van der Waals surface area contributed by atoms with Crippen LogP contribution in [0.15, 0.2) is 42.6 Å². The molecule has 288 valence electrons. The number of carbonyl (C=O) groups is 2. The molecule has 1 spiro atoms. The number of halogens is 6. The van der Waals surface area contributed by atoms with Gasteiger partial charge in [-0.25, -0.2) is 27.5 Å².